The minimum Gasteiger partial charge on any atom is -0.354 e. The molecule has 1 unspecified atom stereocenters. The van der Waals surface area contributed by atoms with Gasteiger partial charge in [0.1, 0.15) is 5.15 Å². The van der Waals surface area contributed by atoms with E-state index < -0.39 is 0 Å². The van der Waals surface area contributed by atoms with Crippen molar-refractivity contribution in [1.29, 1.82) is 0 Å². The molecule has 0 bridgehead atoms. The van der Waals surface area contributed by atoms with Gasteiger partial charge in [-0.1, -0.05) is 25.4 Å². The van der Waals surface area contributed by atoms with Gasteiger partial charge < -0.3 is 4.90 Å². The van der Waals surface area contributed by atoms with E-state index in [0.29, 0.717) is 11.2 Å². The van der Waals surface area contributed by atoms with Crippen LogP contribution in [0.4, 0.5) is 5.82 Å². The number of halogens is 1. The Hall–Kier alpha value is -1.29. The molecule has 4 nitrogen and oxygen atoms in total. The third-order valence-corrected chi connectivity index (χ3v) is 4.12. The summed E-state index contributed by atoms with van der Waals surface area (Å²) in [4.78, 5) is 6.53. The summed E-state index contributed by atoms with van der Waals surface area (Å²) in [7, 11) is 0. The van der Waals surface area contributed by atoms with E-state index in [2.05, 4.69) is 35.3 Å². The first kappa shape index (κ1) is 12.7. The van der Waals surface area contributed by atoms with Gasteiger partial charge in [-0.15, -0.1) is 0 Å². The lowest BCUT2D eigenvalue weighted by Crippen LogP contribution is -2.45. The van der Waals surface area contributed by atoms with Crippen LogP contribution in [0.3, 0.4) is 0 Å². The van der Waals surface area contributed by atoms with Crippen LogP contribution in [-0.2, 0) is 0 Å². The molecule has 3 heterocycles. The molecule has 1 atom stereocenters. The van der Waals surface area contributed by atoms with Crippen LogP contribution in [0.5, 0.6) is 0 Å². The van der Waals surface area contributed by atoms with E-state index in [9.17, 15) is 0 Å². The molecule has 1 aliphatic rings. The molecule has 0 aromatic carbocycles. The zero-order chi connectivity index (χ0) is 13.6. The van der Waals surface area contributed by atoms with Gasteiger partial charge in [0, 0.05) is 31.4 Å². The van der Waals surface area contributed by atoms with Gasteiger partial charge in [-0.25, -0.2) is 4.98 Å². The minimum absolute atomic E-state index is 0.369. The lowest BCUT2D eigenvalue weighted by molar-refractivity contribution is 0.435. The third-order valence-electron chi connectivity index (χ3n) is 3.91. The van der Waals surface area contributed by atoms with Crippen molar-refractivity contribution in [2.24, 2.45) is 5.92 Å². The second kappa shape index (κ2) is 4.67. The number of anilines is 1. The summed E-state index contributed by atoms with van der Waals surface area (Å²) >= 11 is 6.03. The Balaban J connectivity index is 2.12. The van der Waals surface area contributed by atoms with Crippen LogP contribution >= 0.6 is 11.6 Å². The van der Waals surface area contributed by atoms with E-state index in [1.165, 1.54) is 0 Å². The zero-order valence-electron chi connectivity index (χ0n) is 11.6. The Morgan fingerprint density at radius 3 is 2.84 bits per heavy atom. The molecule has 102 valence electrons. The largest absolute Gasteiger partial charge is 0.354 e. The number of nitrogens with zero attached hydrogens (tertiary/aromatic N) is 4. The summed E-state index contributed by atoms with van der Waals surface area (Å²) in [5, 5.41) is 6.44. The van der Waals surface area contributed by atoms with E-state index in [1.807, 2.05) is 12.3 Å². The fourth-order valence-electron chi connectivity index (χ4n) is 2.61. The Morgan fingerprint density at radius 1 is 1.47 bits per heavy atom. The molecule has 1 saturated heterocycles. The van der Waals surface area contributed by atoms with Crippen LogP contribution in [0.2, 0.25) is 5.15 Å². The fraction of sp³-hybridized carbons (Fsp3) is 0.571. The first-order chi connectivity index (χ1) is 9.10. The second-order valence-electron chi connectivity index (χ2n) is 5.56. The van der Waals surface area contributed by atoms with Crippen molar-refractivity contribution in [2.45, 2.75) is 33.2 Å². The minimum atomic E-state index is 0.369. The van der Waals surface area contributed by atoms with Crippen molar-refractivity contribution in [2.75, 3.05) is 18.0 Å². The monoisotopic (exact) mass is 278 g/mol. The van der Waals surface area contributed by atoms with Crippen molar-refractivity contribution >= 4 is 28.3 Å². The molecule has 3 rings (SSSR count). The van der Waals surface area contributed by atoms with Crippen LogP contribution in [0.25, 0.3) is 10.9 Å². The second-order valence-corrected chi connectivity index (χ2v) is 5.95. The van der Waals surface area contributed by atoms with Crippen molar-refractivity contribution in [1.82, 2.24) is 14.8 Å². The van der Waals surface area contributed by atoms with Gasteiger partial charge in [0.15, 0.2) is 5.82 Å². The molecule has 5 heteroatoms. The van der Waals surface area contributed by atoms with Gasteiger partial charge in [0.25, 0.3) is 0 Å². The van der Waals surface area contributed by atoms with Gasteiger partial charge >= 0.3 is 0 Å². The highest BCUT2D eigenvalue weighted by atomic mass is 35.5. The topological polar surface area (TPSA) is 34.0 Å². The maximum Gasteiger partial charge on any atom is 0.160 e. The standard InChI is InChI=1S/C14H19ClN4/c1-4-10(3)19-12-5-13(15)16-6-11(12)14(17-19)18-7-9(2)8-18/h5-6,9-10H,4,7-8H2,1-3H3. The molecular weight excluding hydrogens is 260 g/mol. The van der Waals surface area contributed by atoms with Crippen LogP contribution in [0.1, 0.15) is 33.2 Å². The van der Waals surface area contributed by atoms with Gasteiger partial charge in [-0.05, 0) is 19.3 Å². The normalized spacial score (nSPS) is 17.8. The summed E-state index contributed by atoms with van der Waals surface area (Å²) < 4.78 is 2.08. The summed E-state index contributed by atoms with van der Waals surface area (Å²) in [6, 6.07) is 2.29. The molecule has 0 saturated carbocycles. The van der Waals surface area contributed by atoms with Crippen molar-refractivity contribution < 1.29 is 0 Å². The van der Waals surface area contributed by atoms with Gasteiger partial charge in [0.2, 0.25) is 0 Å². The summed E-state index contributed by atoms with van der Waals surface area (Å²) in [5.74, 6) is 1.81. The number of hydrogen-bond donors (Lipinski definition) is 0. The van der Waals surface area contributed by atoms with E-state index in [1.54, 1.807) is 0 Å². The highest BCUT2D eigenvalue weighted by Gasteiger charge is 2.27. The maximum atomic E-state index is 6.03. The third kappa shape index (κ3) is 2.08. The number of pyridine rings is 1. The predicted octanol–water partition coefficient (Wildman–Crippen LogP) is 3.51. The molecule has 19 heavy (non-hydrogen) atoms. The molecule has 2 aromatic heterocycles. The van der Waals surface area contributed by atoms with E-state index in [0.717, 1.165) is 42.1 Å². The van der Waals surface area contributed by atoms with Crippen molar-refractivity contribution in [3.63, 3.8) is 0 Å². The molecule has 0 amide bonds. The van der Waals surface area contributed by atoms with Crippen LogP contribution in [-0.4, -0.2) is 27.9 Å². The molecule has 0 radical (unpaired) electrons. The molecule has 1 fully saturated rings. The lowest BCUT2D eigenvalue weighted by Gasteiger charge is -2.37. The van der Waals surface area contributed by atoms with Crippen LogP contribution in [0, 0.1) is 5.92 Å². The molecule has 0 N–H and O–H groups in total. The van der Waals surface area contributed by atoms with E-state index >= 15 is 0 Å². The smallest absolute Gasteiger partial charge is 0.160 e. The van der Waals surface area contributed by atoms with E-state index in [4.69, 9.17) is 16.7 Å². The molecular formula is C14H19ClN4. The highest BCUT2D eigenvalue weighted by molar-refractivity contribution is 6.30. The Labute approximate surface area is 118 Å². The molecule has 2 aromatic rings. The number of rotatable bonds is 3. The summed E-state index contributed by atoms with van der Waals surface area (Å²) in [6.07, 6.45) is 2.90. The molecule has 0 aliphatic carbocycles. The average molecular weight is 279 g/mol. The predicted molar refractivity (Wildman–Crippen MR) is 78.9 cm³/mol. The van der Waals surface area contributed by atoms with Gasteiger partial charge in [0.05, 0.1) is 10.9 Å². The average Bonchev–Trinajstić information content (AvgIpc) is 2.72. The number of aromatic nitrogens is 3. The Kier molecular flexibility index (Phi) is 3.13. The summed E-state index contributed by atoms with van der Waals surface area (Å²) in [6.45, 7) is 8.78. The van der Waals surface area contributed by atoms with Gasteiger partial charge in [-0.3, -0.25) is 4.68 Å². The SMILES string of the molecule is CCC(C)n1nc(N2CC(C)C2)c2cnc(Cl)cc21. The zero-order valence-corrected chi connectivity index (χ0v) is 12.4. The maximum absolute atomic E-state index is 6.03. The molecule has 0 spiro atoms. The number of hydrogen-bond acceptors (Lipinski definition) is 3. The quantitative estimate of drug-likeness (QED) is 0.806. The van der Waals surface area contributed by atoms with Gasteiger partial charge in [-0.2, -0.15) is 5.10 Å². The first-order valence-corrected chi connectivity index (χ1v) is 7.26. The highest BCUT2D eigenvalue weighted by Crippen LogP contribution is 2.33. The van der Waals surface area contributed by atoms with Crippen molar-refractivity contribution in [3.8, 4) is 0 Å². The molecule has 1 aliphatic heterocycles. The van der Waals surface area contributed by atoms with Crippen molar-refractivity contribution in [3.05, 3.63) is 17.4 Å². The Morgan fingerprint density at radius 2 is 2.21 bits per heavy atom. The Bertz CT molecular complexity index is 601. The fourth-order valence-corrected chi connectivity index (χ4v) is 2.76. The van der Waals surface area contributed by atoms with Crippen LogP contribution in [0.15, 0.2) is 12.3 Å². The number of fused-ring (bicyclic) bond motifs is 1. The van der Waals surface area contributed by atoms with Crippen LogP contribution < -0.4 is 4.90 Å². The first-order valence-electron chi connectivity index (χ1n) is 6.88. The van der Waals surface area contributed by atoms with E-state index in [-0.39, 0.29) is 0 Å². The lowest BCUT2D eigenvalue weighted by atomic mass is 10.0. The summed E-state index contributed by atoms with van der Waals surface area (Å²) in [5.41, 5.74) is 1.09.